The Morgan fingerprint density at radius 1 is 1.24 bits per heavy atom. The summed E-state index contributed by atoms with van der Waals surface area (Å²) >= 11 is 5.73. The number of carbonyl (C=O) groups is 1. The molecule has 1 aromatic carbocycles. The van der Waals surface area contributed by atoms with Crippen LogP contribution in [0.15, 0.2) is 17.7 Å². The number of ketones is 1. The van der Waals surface area contributed by atoms with E-state index in [2.05, 4.69) is 0 Å². The second-order valence-corrected chi connectivity index (χ2v) is 4.87. The lowest BCUT2D eigenvalue weighted by atomic mass is 9.85. The van der Waals surface area contributed by atoms with Crippen molar-refractivity contribution in [2.45, 2.75) is 33.1 Å². The normalized spacial score (nSPS) is 16.6. The highest BCUT2D eigenvalue weighted by molar-refractivity contribution is 6.30. The maximum atomic E-state index is 13.5. The van der Waals surface area contributed by atoms with Gasteiger partial charge in [0.1, 0.15) is 5.82 Å². The zero-order valence-electron chi connectivity index (χ0n) is 9.94. The Morgan fingerprint density at radius 3 is 2.65 bits per heavy atom. The first-order valence-electron chi connectivity index (χ1n) is 5.69. The molecule has 0 amide bonds. The maximum absolute atomic E-state index is 13.5. The third-order valence-corrected chi connectivity index (χ3v) is 3.58. The van der Waals surface area contributed by atoms with Crippen LogP contribution in [0.1, 0.15) is 37.3 Å². The number of hydrogen-bond donors (Lipinski definition) is 0. The van der Waals surface area contributed by atoms with Crippen LogP contribution in [0.4, 0.5) is 4.39 Å². The van der Waals surface area contributed by atoms with Crippen LogP contribution in [-0.4, -0.2) is 5.78 Å². The highest BCUT2D eigenvalue weighted by atomic mass is 35.5. The number of allylic oxidation sites excluding steroid dienone is 2. The summed E-state index contributed by atoms with van der Waals surface area (Å²) in [5.41, 5.74) is 3.47. The van der Waals surface area contributed by atoms with Crippen LogP contribution in [-0.2, 0) is 4.79 Å². The molecule has 0 unspecified atom stereocenters. The van der Waals surface area contributed by atoms with Gasteiger partial charge in [-0.3, -0.25) is 4.79 Å². The van der Waals surface area contributed by atoms with Gasteiger partial charge < -0.3 is 0 Å². The highest BCUT2D eigenvalue weighted by Crippen LogP contribution is 2.33. The molecule has 1 aromatic rings. The van der Waals surface area contributed by atoms with Crippen molar-refractivity contribution in [3.05, 3.63) is 39.7 Å². The minimum Gasteiger partial charge on any atom is -0.295 e. The van der Waals surface area contributed by atoms with Crippen molar-refractivity contribution in [1.82, 2.24) is 0 Å². The van der Waals surface area contributed by atoms with Gasteiger partial charge in [0.05, 0.1) is 5.02 Å². The summed E-state index contributed by atoms with van der Waals surface area (Å²) in [5, 5.41) is 0.131. The molecular weight excluding hydrogens is 239 g/mol. The fourth-order valence-electron chi connectivity index (χ4n) is 2.28. The van der Waals surface area contributed by atoms with E-state index in [-0.39, 0.29) is 10.8 Å². The average molecular weight is 253 g/mol. The van der Waals surface area contributed by atoms with Crippen LogP contribution >= 0.6 is 11.6 Å². The lowest BCUT2D eigenvalue weighted by Crippen LogP contribution is -2.09. The van der Waals surface area contributed by atoms with Crippen LogP contribution in [0.3, 0.4) is 0 Å². The molecule has 1 aliphatic rings. The van der Waals surface area contributed by atoms with E-state index in [1.165, 1.54) is 6.07 Å². The largest absolute Gasteiger partial charge is 0.295 e. The van der Waals surface area contributed by atoms with Gasteiger partial charge in [0.15, 0.2) is 5.78 Å². The van der Waals surface area contributed by atoms with Crippen molar-refractivity contribution in [3.8, 4) is 0 Å². The van der Waals surface area contributed by atoms with Crippen LogP contribution in [0, 0.1) is 12.7 Å². The maximum Gasteiger partial charge on any atom is 0.158 e. The minimum atomic E-state index is -0.425. The summed E-state index contributed by atoms with van der Waals surface area (Å²) in [6, 6.07) is 3.06. The molecule has 0 aromatic heterocycles. The second kappa shape index (κ2) is 4.61. The van der Waals surface area contributed by atoms with Crippen molar-refractivity contribution < 1.29 is 9.18 Å². The van der Waals surface area contributed by atoms with Gasteiger partial charge in [0, 0.05) is 6.42 Å². The molecule has 0 aliphatic heterocycles. The Kier molecular flexibility index (Phi) is 3.34. The fraction of sp³-hybridized carbons (Fsp3) is 0.357. The summed E-state index contributed by atoms with van der Waals surface area (Å²) in [6.45, 7) is 3.71. The lowest BCUT2D eigenvalue weighted by Gasteiger charge is -2.19. The Labute approximate surface area is 105 Å². The average Bonchev–Trinajstić information content (AvgIpc) is 2.28. The molecule has 0 saturated carbocycles. The summed E-state index contributed by atoms with van der Waals surface area (Å²) in [4.78, 5) is 11.7. The van der Waals surface area contributed by atoms with Gasteiger partial charge in [-0.15, -0.1) is 0 Å². The zero-order chi connectivity index (χ0) is 12.6. The number of halogens is 2. The Bertz CT molecular complexity index is 517. The first kappa shape index (κ1) is 12.3. The standard InChI is InChI=1S/C14H14ClFO/c1-8-6-12(15)13(16)7-11(8)10-4-3-5-14(17)9(10)2/h6-7H,3-5H2,1-2H3. The number of aryl methyl sites for hydroxylation is 1. The molecule has 1 aliphatic carbocycles. The smallest absolute Gasteiger partial charge is 0.158 e. The van der Waals surface area contributed by atoms with E-state index in [0.717, 1.165) is 35.1 Å². The van der Waals surface area contributed by atoms with Gasteiger partial charge >= 0.3 is 0 Å². The molecule has 0 fully saturated rings. The predicted molar refractivity (Wildman–Crippen MR) is 67.6 cm³/mol. The van der Waals surface area contributed by atoms with E-state index in [1.807, 2.05) is 13.8 Å². The van der Waals surface area contributed by atoms with Gasteiger partial charge in [-0.2, -0.15) is 0 Å². The van der Waals surface area contributed by atoms with Crippen molar-refractivity contribution in [2.75, 3.05) is 0 Å². The molecule has 0 heterocycles. The van der Waals surface area contributed by atoms with E-state index in [1.54, 1.807) is 6.07 Å². The Morgan fingerprint density at radius 2 is 1.94 bits per heavy atom. The number of Topliss-reactive ketones (excluding diaryl/α,β-unsaturated/α-hetero) is 1. The molecule has 3 heteroatoms. The number of rotatable bonds is 1. The second-order valence-electron chi connectivity index (χ2n) is 4.46. The predicted octanol–water partition coefficient (Wildman–Crippen LogP) is 4.31. The topological polar surface area (TPSA) is 17.1 Å². The monoisotopic (exact) mass is 252 g/mol. The van der Waals surface area contributed by atoms with E-state index < -0.39 is 5.82 Å². The first-order valence-corrected chi connectivity index (χ1v) is 6.07. The van der Waals surface area contributed by atoms with Crippen LogP contribution < -0.4 is 0 Å². The van der Waals surface area contributed by atoms with E-state index >= 15 is 0 Å². The summed E-state index contributed by atoms with van der Waals surface area (Å²) < 4.78 is 13.5. The third-order valence-electron chi connectivity index (χ3n) is 3.29. The molecule has 0 bridgehead atoms. The molecule has 0 N–H and O–H groups in total. The Hall–Kier alpha value is -1.15. The molecule has 90 valence electrons. The number of carbonyl (C=O) groups excluding carboxylic acids is 1. The molecule has 0 spiro atoms. The van der Waals surface area contributed by atoms with Gasteiger partial charge in [-0.05, 0) is 61.1 Å². The van der Waals surface area contributed by atoms with Gasteiger partial charge in [-0.25, -0.2) is 4.39 Å². The Balaban J connectivity index is 2.57. The molecule has 1 nitrogen and oxygen atoms in total. The van der Waals surface area contributed by atoms with Gasteiger partial charge in [0.25, 0.3) is 0 Å². The summed E-state index contributed by atoms with van der Waals surface area (Å²) in [6.07, 6.45) is 2.28. The molecule has 0 radical (unpaired) electrons. The van der Waals surface area contributed by atoms with Crippen LogP contribution in [0.5, 0.6) is 0 Å². The molecule has 0 saturated heterocycles. The van der Waals surface area contributed by atoms with E-state index in [0.29, 0.717) is 6.42 Å². The quantitative estimate of drug-likeness (QED) is 0.728. The third kappa shape index (κ3) is 2.27. The SMILES string of the molecule is CC1=C(c2cc(F)c(Cl)cc2C)CCCC1=O. The van der Waals surface area contributed by atoms with Gasteiger partial charge in [-0.1, -0.05) is 11.6 Å². The summed E-state index contributed by atoms with van der Waals surface area (Å²) in [7, 11) is 0. The molecular formula is C14H14ClFO. The molecule has 0 atom stereocenters. The van der Waals surface area contributed by atoms with Crippen molar-refractivity contribution in [1.29, 1.82) is 0 Å². The lowest BCUT2D eigenvalue weighted by molar-refractivity contribution is -0.115. The van der Waals surface area contributed by atoms with Crippen LogP contribution in [0.25, 0.3) is 5.57 Å². The van der Waals surface area contributed by atoms with Gasteiger partial charge in [0.2, 0.25) is 0 Å². The number of hydrogen-bond acceptors (Lipinski definition) is 1. The fourth-order valence-corrected chi connectivity index (χ4v) is 2.50. The van der Waals surface area contributed by atoms with E-state index in [4.69, 9.17) is 11.6 Å². The van der Waals surface area contributed by atoms with Crippen molar-refractivity contribution >= 4 is 23.0 Å². The minimum absolute atomic E-state index is 0.131. The van der Waals surface area contributed by atoms with Crippen LogP contribution in [0.2, 0.25) is 5.02 Å². The first-order chi connectivity index (χ1) is 8.00. The van der Waals surface area contributed by atoms with Crippen molar-refractivity contribution in [2.24, 2.45) is 0 Å². The van der Waals surface area contributed by atoms with E-state index in [9.17, 15) is 9.18 Å². The summed E-state index contributed by atoms with van der Waals surface area (Å²) in [5.74, 6) is -0.258. The van der Waals surface area contributed by atoms with Crippen molar-refractivity contribution in [3.63, 3.8) is 0 Å². The number of benzene rings is 1. The highest BCUT2D eigenvalue weighted by Gasteiger charge is 2.20. The molecule has 2 rings (SSSR count). The zero-order valence-corrected chi connectivity index (χ0v) is 10.7. The molecule has 17 heavy (non-hydrogen) atoms.